The number of anilines is 1. The number of ether oxygens (including phenoxy) is 3. The van der Waals surface area contributed by atoms with Gasteiger partial charge in [0.25, 0.3) is 0 Å². The van der Waals surface area contributed by atoms with Gasteiger partial charge in [0.2, 0.25) is 0 Å². The second kappa shape index (κ2) is 5.61. The Bertz CT molecular complexity index is 530. The highest BCUT2D eigenvalue weighted by molar-refractivity contribution is 5.87. The highest BCUT2D eigenvalue weighted by Gasteiger charge is 2.40. The Kier molecular flexibility index (Phi) is 3.82. The van der Waals surface area contributed by atoms with Gasteiger partial charge in [-0.2, -0.15) is 0 Å². The van der Waals surface area contributed by atoms with Gasteiger partial charge in [-0.05, 0) is 19.1 Å². The number of rotatable bonds is 2. The van der Waals surface area contributed by atoms with E-state index in [4.69, 9.17) is 14.2 Å². The van der Waals surface area contributed by atoms with Crippen LogP contribution in [0.25, 0.3) is 0 Å². The summed E-state index contributed by atoms with van der Waals surface area (Å²) < 4.78 is 16.2. The summed E-state index contributed by atoms with van der Waals surface area (Å²) in [4.78, 5) is 18.1. The molecule has 0 amide bonds. The number of carbonyl (C=O) groups is 1. The van der Waals surface area contributed by atoms with E-state index in [0.717, 1.165) is 37.3 Å². The predicted octanol–water partition coefficient (Wildman–Crippen LogP) is 1.52. The lowest BCUT2D eigenvalue weighted by Gasteiger charge is -2.39. The second-order valence-electron chi connectivity index (χ2n) is 5.39. The summed E-state index contributed by atoms with van der Waals surface area (Å²) in [5, 5.41) is 0. The van der Waals surface area contributed by atoms with Crippen LogP contribution in [-0.2, 0) is 14.2 Å². The molecule has 1 aromatic rings. The van der Waals surface area contributed by atoms with Crippen molar-refractivity contribution in [3.05, 3.63) is 23.5 Å². The third-order valence-corrected chi connectivity index (χ3v) is 4.13. The third-order valence-electron chi connectivity index (χ3n) is 4.13. The van der Waals surface area contributed by atoms with E-state index in [0.29, 0.717) is 18.9 Å². The van der Waals surface area contributed by atoms with E-state index in [1.807, 2.05) is 13.0 Å². The maximum absolute atomic E-state index is 11.5. The largest absolute Gasteiger partial charge is 0.464 e. The standard InChI is InChI=1S/C15H20N2O4/c1-11-13(4-3-12(16-11)14(18)19-2)17-7-5-15(6-8-17)20-9-10-21-15/h3-4H,5-10H2,1-2H3. The molecule has 0 aliphatic carbocycles. The number of aryl methyl sites for hydroxylation is 1. The molecule has 2 aliphatic rings. The Balaban J connectivity index is 1.72. The van der Waals surface area contributed by atoms with Crippen molar-refractivity contribution in [2.75, 3.05) is 38.3 Å². The molecule has 0 saturated carbocycles. The van der Waals surface area contributed by atoms with E-state index < -0.39 is 5.97 Å². The van der Waals surface area contributed by atoms with E-state index in [1.165, 1.54) is 7.11 Å². The zero-order valence-electron chi connectivity index (χ0n) is 12.4. The minimum atomic E-state index is -0.407. The average Bonchev–Trinajstić information content (AvgIpc) is 2.96. The van der Waals surface area contributed by atoms with Crippen LogP contribution in [0.5, 0.6) is 0 Å². The van der Waals surface area contributed by atoms with E-state index >= 15 is 0 Å². The minimum Gasteiger partial charge on any atom is -0.464 e. The molecule has 0 N–H and O–H groups in total. The number of pyridine rings is 1. The fourth-order valence-electron chi connectivity index (χ4n) is 2.98. The molecule has 6 heteroatoms. The van der Waals surface area contributed by atoms with Crippen LogP contribution in [0.1, 0.15) is 29.0 Å². The monoisotopic (exact) mass is 292 g/mol. The number of hydrogen-bond acceptors (Lipinski definition) is 6. The van der Waals surface area contributed by atoms with Gasteiger partial charge >= 0.3 is 5.97 Å². The van der Waals surface area contributed by atoms with Crippen LogP contribution < -0.4 is 4.90 Å². The van der Waals surface area contributed by atoms with Crippen molar-refractivity contribution in [3.8, 4) is 0 Å². The van der Waals surface area contributed by atoms with Crippen LogP contribution in [0, 0.1) is 6.92 Å². The van der Waals surface area contributed by atoms with Crippen molar-refractivity contribution < 1.29 is 19.0 Å². The van der Waals surface area contributed by atoms with Gasteiger partial charge in [0.1, 0.15) is 5.69 Å². The molecule has 21 heavy (non-hydrogen) atoms. The van der Waals surface area contributed by atoms with E-state index in [-0.39, 0.29) is 5.79 Å². The second-order valence-corrected chi connectivity index (χ2v) is 5.39. The van der Waals surface area contributed by atoms with Crippen molar-refractivity contribution in [3.63, 3.8) is 0 Å². The van der Waals surface area contributed by atoms with Gasteiger partial charge in [0.15, 0.2) is 5.79 Å². The Morgan fingerprint density at radius 3 is 2.52 bits per heavy atom. The summed E-state index contributed by atoms with van der Waals surface area (Å²) in [7, 11) is 1.36. The minimum absolute atomic E-state index is 0.342. The molecule has 2 fully saturated rings. The Morgan fingerprint density at radius 2 is 1.95 bits per heavy atom. The first-order valence-corrected chi connectivity index (χ1v) is 7.22. The molecule has 6 nitrogen and oxygen atoms in total. The molecule has 1 spiro atoms. The number of aromatic nitrogens is 1. The van der Waals surface area contributed by atoms with Gasteiger partial charge in [-0.25, -0.2) is 9.78 Å². The lowest BCUT2D eigenvalue weighted by atomic mass is 10.0. The highest BCUT2D eigenvalue weighted by atomic mass is 16.7. The van der Waals surface area contributed by atoms with Crippen LogP contribution >= 0.6 is 0 Å². The third kappa shape index (κ3) is 2.73. The molecule has 0 radical (unpaired) electrons. The van der Waals surface area contributed by atoms with Crippen molar-refractivity contribution in [2.24, 2.45) is 0 Å². The SMILES string of the molecule is COC(=O)c1ccc(N2CCC3(CC2)OCCO3)c(C)n1. The number of piperidine rings is 1. The highest BCUT2D eigenvalue weighted by Crippen LogP contribution is 2.33. The Hall–Kier alpha value is -1.66. The molecule has 0 aromatic carbocycles. The smallest absolute Gasteiger partial charge is 0.356 e. The fourth-order valence-corrected chi connectivity index (χ4v) is 2.98. The van der Waals surface area contributed by atoms with Crippen LogP contribution in [0.15, 0.2) is 12.1 Å². The summed E-state index contributed by atoms with van der Waals surface area (Å²) in [5.74, 6) is -0.779. The average molecular weight is 292 g/mol. The van der Waals surface area contributed by atoms with Crippen LogP contribution in [0.4, 0.5) is 5.69 Å². The maximum Gasteiger partial charge on any atom is 0.356 e. The predicted molar refractivity (Wildman–Crippen MR) is 76.4 cm³/mol. The van der Waals surface area contributed by atoms with E-state index in [9.17, 15) is 4.79 Å². The van der Waals surface area contributed by atoms with Gasteiger partial charge < -0.3 is 19.1 Å². The molecule has 3 rings (SSSR count). The van der Waals surface area contributed by atoms with Crippen molar-refractivity contribution >= 4 is 11.7 Å². The van der Waals surface area contributed by atoms with Gasteiger partial charge in [-0.3, -0.25) is 0 Å². The summed E-state index contributed by atoms with van der Waals surface area (Å²) in [6.45, 7) is 5.01. The Labute approximate surface area is 124 Å². The van der Waals surface area contributed by atoms with Gasteiger partial charge in [0, 0.05) is 25.9 Å². The molecular formula is C15H20N2O4. The number of methoxy groups -OCH3 is 1. The first-order valence-electron chi connectivity index (χ1n) is 7.22. The molecular weight excluding hydrogens is 272 g/mol. The molecule has 0 unspecified atom stereocenters. The Morgan fingerprint density at radius 1 is 1.29 bits per heavy atom. The molecule has 2 aliphatic heterocycles. The molecule has 1 aromatic heterocycles. The molecule has 2 saturated heterocycles. The van der Waals surface area contributed by atoms with Crippen LogP contribution in [0.3, 0.4) is 0 Å². The van der Waals surface area contributed by atoms with E-state index in [2.05, 4.69) is 9.88 Å². The summed E-state index contributed by atoms with van der Waals surface area (Å²) >= 11 is 0. The number of nitrogens with zero attached hydrogens (tertiary/aromatic N) is 2. The maximum atomic E-state index is 11.5. The number of esters is 1. The fraction of sp³-hybridized carbons (Fsp3) is 0.600. The molecule has 114 valence electrons. The normalized spacial score (nSPS) is 20.8. The first-order chi connectivity index (χ1) is 10.1. The van der Waals surface area contributed by atoms with Crippen molar-refractivity contribution in [2.45, 2.75) is 25.6 Å². The van der Waals surface area contributed by atoms with Crippen LogP contribution in [-0.4, -0.2) is 50.2 Å². The lowest BCUT2D eigenvalue weighted by molar-refractivity contribution is -0.169. The van der Waals surface area contributed by atoms with Crippen molar-refractivity contribution in [1.29, 1.82) is 0 Å². The number of hydrogen-bond donors (Lipinski definition) is 0. The summed E-state index contributed by atoms with van der Waals surface area (Å²) in [6.07, 6.45) is 1.70. The van der Waals surface area contributed by atoms with Gasteiger partial charge in [-0.15, -0.1) is 0 Å². The summed E-state index contributed by atoms with van der Waals surface area (Å²) in [6, 6.07) is 3.64. The lowest BCUT2D eigenvalue weighted by Crippen LogP contribution is -2.45. The quantitative estimate of drug-likeness (QED) is 0.770. The molecule has 0 atom stereocenters. The van der Waals surface area contributed by atoms with Gasteiger partial charge in [-0.1, -0.05) is 0 Å². The van der Waals surface area contributed by atoms with Gasteiger partial charge in [0.05, 0.1) is 31.7 Å². The first kappa shape index (κ1) is 14.3. The van der Waals surface area contributed by atoms with Crippen molar-refractivity contribution in [1.82, 2.24) is 4.98 Å². The molecule has 0 bridgehead atoms. The number of carbonyl (C=O) groups excluding carboxylic acids is 1. The van der Waals surface area contributed by atoms with Crippen LogP contribution in [0.2, 0.25) is 0 Å². The van der Waals surface area contributed by atoms with E-state index in [1.54, 1.807) is 6.07 Å². The topological polar surface area (TPSA) is 60.9 Å². The zero-order valence-corrected chi connectivity index (χ0v) is 12.4. The zero-order chi connectivity index (χ0) is 14.9. The summed E-state index contributed by atoms with van der Waals surface area (Å²) in [5.41, 5.74) is 2.23. The molecule has 3 heterocycles.